The van der Waals surface area contributed by atoms with E-state index in [1.165, 1.54) is 11.0 Å². The van der Waals surface area contributed by atoms with E-state index in [0.29, 0.717) is 35.0 Å². The third-order valence-electron chi connectivity index (χ3n) is 3.61. The lowest BCUT2D eigenvalue weighted by Gasteiger charge is -2.11. The molecular weight excluding hydrogens is 336 g/mol. The van der Waals surface area contributed by atoms with Crippen molar-refractivity contribution in [3.63, 3.8) is 0 Å². The number of Topliss-reactive ketones (excluding diaryl/α,β-unsaturated/α-hetero) is 1. The van der Waals surface area contributed by atoms with Crippen LogP contribution in [0.4, 0.5) is 23.3 Å². The Morgan fingerprint density at radius 3 is 2.69 bits per heavy atom. The Kier molecular flexibility index (Phi) is 6.29. The third kappa shape index (κ3) is 4.17. The number of nitrogens with zero attached hydrogens (tertiary/aromatic N) is 7. The quantitative estimate of drug-likeness (QED) is 0.596. The topological polar surface area (TPSA) is 159 Å². The summed E-state index contributed by atoms with van der Waals surface area (Å²) in [6.07, 6.45) is 1.74. The Balaban J connectivity index is 2.27. The molecule has 0 aromatic carbocycles. The number of pyridine rings is 1. The summed E-state index contributed by atoms with van der Waals surface area (Å²) in [5, 5.41) is 27.4. The lowest BCUT2D eigenvalue weighted by Crippen LogP contribution is -2.15. The first kappa shape index (κ1) is 18.9. The van der Waals surface area contributed by atoms with Crippen molar-refractivity contribution in [2.24, 2.45) is 16.0 Å². The fourth-order valence-corrected chi connectivity index (χ4v) is 2.18. The van der Waals surface area contributed by atoms with Crippen LogP contribution in [0.1, 0.15) is 17.5 Å². The number of carbonyl (C=O) groups is 1. The van der Waals surface area contributed by atoms with Crippen LogP contribution in [0.5, 0.6) is 0 Å². The number of azo groups is 1. The van der Waals surface area contributed by atoms with E-state index in [2.05, 4.69) is 42.0 Å². The highest BCUT2D eigenvalue weighted by Crippen LogP contribution is 2.33. The molecule has 2 rings (SSSR count). The Morgan fingerprint density at radius 1 is 1.35 bits per heavy atom. The molecule has 11 heteroatoms. The Labute approximate surface area is 150 Å². The number of anilines is 2. The van der Waals surface area contributed by atoms with Crippen molar-refractivity contribution in [2.45, 2.75) is 19.9 Å². The van der Waals surface area contributed by atoms with E-state index < -0.39 is 0 Å². The number of nitrogens with two attached hydrogens (primary N) is 1. The second kappa shape index (κ2) is 8.63. The SMILES string of the molecule is CNc1nc(NC)c(/N=N/c2ncn(CCC(=O)CN)n2)c(C)c1C#N. The predicted molar refractivity (Wildman–Crippen MR) is 95.7 cm³/mol. The van der Waals surface area contributed by atoms with E-state index in [1.54, 1.807) is 21.0 Å². The second-order valence-electron chi connectivity index (χ2n) is 5.27. The number of rotatable bonds is 8. The molecule has 0 amide bonds. The van der Waals surface area contributed by atoms with E-state index in [0.717, 1.165) is 0 Å². The number of nitrogens with one attached hydrogen (secondary N) is 2. The minimum atomic E-state index is -0.0577. The maximum Gasteiger partial charge on any atom is 0.287 e. The average molecular weight is 356 g/mol. The summed E-state index contributed by atoms with van der Waals surface area (Å²) in [6.45, 7) is 2.14. The van der Waals surface area contributed by atoms with Gasteiger partial charge in [-0.3, -0.25) is 9.48 Å². The molecule has 4 N–H and O–H groups in total. The fraction of sp³-hybridized carbons (Fsp3) is 0.400. The van der Waals surface area contributed by atoms with Gasteiger partial charge in [-0.25, -0.2) is 4.98 Å². The van der Waals surface area contributed by atoms with Gasteiger partial charge in [-0.2, -0.15) is 10.2 Å². The van der Waals surface area contributed by atoms with Gasteiger partial charge in [0.25, 0.3) is 5.95 Å². The Hall–Kier alpha value is -3.39. The van der Waals surface area contributed by atoms with E-state index in [4.69, 9.17) is 5.73 Å². The van der Waals surface area contributed by atoms with Gasteiger partial charge in [0.15, 0.2) is 5.82 Å². The van der Waals surface area contributed by atoms with Crippen LogP contribution in [0.25, 0.3) is 0 Å². The Bertz CT molecular complexity index is 864. The highest BCUT2D eigenvalue weighted by Gasteiger charge is 2.16. The molecule has 0 aliphatic heterocycles. The van der Waals surface area contributed by atoms with Gasteiger partial charge in [-0.15, -0.1) is 15.3 Å². The molecule has 0 atom stereocenters. The molecule has 2 aromatic heterocycles. The summed E-state index contributed by atoms with van der Waals surface area (Å²) in [6, 6.07) is 2.11. The van der Waals surface area contributed by atoms with Crippen LogP contribution in [0.2, 0.25) is 0 Å². The third-order valence-corrected chi connectivity index (χ3v) is 3.61. The molecular formula is C15H20N10O. The van der Waals surface area contributed by atoms with E-state index >= 15 is 0 Å². The van der Waals surface area contributed by atoms with Gasteiger partial charge in [0, 0.05) is 32.6 Å². The average Bonchev–Trinajstić information content (AvgIpc) is 3.12. The lowest BCUT2D eigenvalue weighted by molar-refractivity contribution is -0.118. The van der Waals surface area contributed by atoms with E-state index in [1.807, 2.05) is 0 Å². The molecule has 2 aromatic rings. The van der Waals surface area contributed by atoms with Crippen LogP contribution in [0.15, 0.2) is 16.6 Å². The summed E-state index contributed by atoms with van der Waals surface area (Å²) in [7, 11) is 3.39. The molecule has 0 saturated heterocycles. The number of ketones is 1. The zero-order valence-electron chi connectivity index (χ0n) is 14.8. The molecule has 0 aliphatic carbocycles. The maximum absolute atomic E-state index is 11.2. The molecule has 0 radical (unpaired) electrons. The van der Waals surface area contributed by atoms with Crippen LogP contribution < -0.4 is 16.4 Å². The first-order valence-electron chi connectivity index (χ1n) is 7.87. The summed E-state index contributed by atoms with van der Waals surface area (Å²) in [5.41, 5.74) is 6.72. The largest absolute Gasteiger partial charge is 0.372 e. The van der Waals surface area contributed by atoms with Gasteiger partial charge in [0.1, 0.15) is 29.7 Å². The van der Waals surface area contributed by atoms with Gasteiger partial charge in [-0.1, -0.05) is 0 Å². The van der Waals surface area contributed by atoms with Crippen molar-refractivity contribution in [2.75, 3.05) is 31.3 Å². The van der Waals surface area contributed by atoms with E-state index in [-0.39, 0.29) is 24.7 Å². The minimum Gasteiger partial charge on any atom is -0.372 e. The zero-order chi connectivity index (χ0) is 19.1. The summed E-state index contributed by atoms with van der Waals surface area (Å²) in [4.78, 5) is 19.6. The van der Waals surface area contributed by atoms with Crippen molar-refractivity contribution in [3.05, 3.63) is 17.5 Å². The van der Waals surface area contributed by atoms with Crippen LogP contribution >= 0.6 is 0 Å². The standard InChI is InChI=1S/C15H20N10O/c1-9-11(7-17)13(18-2)21-14(19-3)12(9)22-23-15-20-8-25(24-15)5-4-10(26)6-16/h8H,4-6,16H2,1-3H3,(H2,18,19,21)/b23-22+. The molecule has 0 aliphatic rings. The van der Waals surface area contributed by atoms with Crippen molar-refractivity contribution in [3.8, 4) is 6.07 Å². The van der Waals surface area contributed by atoms with Crippen LogP contribution in [0, 0.1) is 18.3 Å². The van der Waals surface area contributed by atoms with Crippen molar-refractivity contribution in [1.82, 2.24) is 19.7 Å². The molecule has 0 saturated carbocycles. The summed E-state index contributed by atoms with van der Waals surface area (Å²) >= 11 is 0. The van der Waals surface area contributed by atoms with Gasteiger partial charge in [0.2, 0.25) is 0 Å². The zero-order valence-corrected chi connectivity index (χ0v) is 14.8. The number of carbonyl (C=O) groups excluding carboxylic acids is 1. The van der Waals surface area contributed by atoms with Gasteiger partial charge in [-0.05, 0) is 6.92 Å². The molecule has 2 heterocycles. The second-order valence-corrected chi connectivity index (χ2v) is 5.27. The minimum absolute atomic E-state index is 0.00414. The number of nitriles is 1. The van der Waals surface area contributed by atoms with E-state index in [9.17, 15) is 10.1 Å². The fourth-order valence-electron chi connectivity index (χ4n) is 2.18. The van der Waals surface area contributed by atoms with Crippen molar-refractivity contribution < 1.29 is 4.79 Å². The van der Waals surface area contributed by atoms with Gasteiger partial charge < -0.3 is 16.4 Å². The lowest BCUT2D eigenvalue weighted by atomic mass is 10.1. The Morgan fingerprint density at radius 2 is 2.08 bits per heavy atom. The van der Waals surface area contributed by atoms with Gasteiger partial charge >= 0.3 is 0 Å². The first-order chi connectivity index (χ1) is 12.5. The van der Waals surface area contributed by atoms with Crippen LogP contribution in [0.3, 0.4) is 0 Å². The van der Waals surface area contributed by atoms with Crippen LogP contribution in [-0.2, 0) is 11.3 Å². The number of hydrogen-bond acceptors (Lipinski definition) is 10. The first-order valence-corrected chi connectivity index (χ1v) is 7.87. The summed E-state index contributed by atoms with van der Waals surface area (Å²) < 4.78 is 1.50. The molecule has 136 valence electrons. The normalized spacial score (nSPS) is 10.7. The maximum atomic E-state index is 11.2. The molecule has 0 bridgehead atoms. The molecule has 11 nitrogen and oxygen atoms in total. The predicted octanol–water partition coefficient (Wildman–Crippen LogP) is 1.27. The van der Waals surface area contributed by atoms with Crippen LogP contribution in [-0.4, -0.2) is 46.2 Å². The van der Waals surface area contributed by atoms with Crippen molar-refractivity contribution in [1.29, 1.82) is 5.26 Å². The number of hydrogen-bond donors (Lipinski definition) is 3. The number of aromatic nitrogens is 4. The van der Waals surface area contributed by atoms with Crippen molar-refractivity contribution >= 4 is 29.1 Å². The molecule has 0 spiro atoms. The molecule has 0 fully saturated rings. The smallest absolute Gasteiger partial charge is 0.287 e. The van der Waals surface area contributed by atoms with Gasteiger partial charge in [0.05, 0.1) is 12.1 Å². The number of aryl methyl sites for hydroxylation is 1. The summed E-state index contributed by atoms with van der Waals surface area (Å²) in [5.74, 6) is 1.02. The highest BCUT2D eigenvalue weighted by atomic mass is 16.1. The highest BCUT2D eigenvalue weighted by molar-refractivity contribution is 5.80. The monoisotopic (exact) mass is 356 g/mol. The molecule has 0 unspecified atom stereocenters. The molecule has 26 heavy (non-hydrogen) atoms.